The molecule has 3 N–H and O–H groups in total. The fourth-order valence-electron chi connectivity index (χ4n) is 4.59. The standard InChI is InChI=1S/C28H27N5O3/c1-33-24-14-8-7-13-21(24)30-26(33)23(17-18-9-3-2-4-10-18)29-25(34)16-15-22-28(36)31-20-12-6-5-11-19(20)27(35)32-22/h2-14,22-23H,15-17H2,1H3,(H,29,34)(H,31,36)(H,32,35)/t22-,23+/m0/s1. The van der Waals surface area contributed by atoms with E-state index in [2.05, 4.69) is 16.0 Å². The number of carbonyl (C=O) groups is 3. The first kappa shape index (κ1) is 23.3. The molecular weight excluding hydrogens is 454 g/mol. The minimum atomic E-state index is -0.807. The van der Waals surface area contributed by atoms with Gasteiger partial charge in [0, 0.05) is 13.5 Å². The Morgan fingerprint density at radius 1 is 1.00 bits per heavy atom. The second-order valence-electron chi connectivity index (χ2n) is 8.93. The molecule has 0 radical (unpaired) electrons. The van der Waals surface area contributed by atoms with Crippen molar-refractivity contribution in [2.24, 2.45) is 7.05 Å². The predicted molar refractivity (Wildman–Crippen MR) is 137 cm³/mol. The van der Waals surface area contributed by atoms with Gasteiger partial charge in [-0.15, -0.1) is 0 Å². The van der Waals surface area contributed by atoms with Gasteiger partial charge >= 0.3 is 0 Å². The summed E-state index contributed by atoms with van der Waals surface area (Å²) in [6.07, 6.45) is 0.821. The van der Waals surface area contributed by atoms with Crippen LogP contribution < -0.4 is 16.0 Å². The fraction of sp³-hybridized carbons (Fsp3) is 0.214. The van der Waals surface area contributed by atoms with Crippen LogP contribution in [0.25, 0.3) is 11.0 Å². The van der Waals surface area contributed by atoms with Gasteiger partial charge in [-0.3, -0.25) is 14.4 Å². The van der Waals surface area contributed by atoms with Crippen LogP contribution in [-0.2, 0) is 23.1 Å². The Bertz CT molecular complexity index is 1430. The number of nitrogens with zero attached hydrogens (tertiary/aromatic N) is 2. The van der Waals surface area contributed by atoms with Crippen LogP contribution in [0.15, 0.2) is 78.9 Å². The van der Waals surface area contributed by atoms with Gasteiger partial charge in [0.15, 0.2) is 0 Å². The number of para-hydroxylation sites is 3. The van der Waals surface area contributed by atoms with E-state index < -0.39 is 6.04 Å². The zero-order valence-corrected chi connectivity index (χ0v) is 19.9. The quantitative estimate of drug-likeness (QED) is 0.376. The average Bonchev–Trinajstić information content (AvgIpc) is 3.17. The number of aryl methyl sites for hydroxylation is 1. The van der Waals surface area contributed by atoms with Gasteiger partial charge in [0.1, 0.15) is 11.9 Å². The van der Waals surface area contributed by atoms with Crippen LogP contribution in [0, 0.1) is 0 Å². The van der Waals surface area contributed by atoms with Crippen molar-refractivity contribution in [3.8, 4) is 0 Å². The summed E-state index contributed by atoms with van der Waals surface area (Å²) in [5.74, 6) is -0.135. The number of fused-ring (bicyclic) bond motifs is 2. The Morgan fingerprint density at radius 3 is 2.53 bits per heavy atom. The normalized spacial score (nSPS) is 16.0. The van der Waals surface area contributed by atoms with Crippen LogP contribution in [0.3, 0.4) is 0 Å². The van der Waals surface area contributed by atoms with Crippen molar-refractivity contribution >= 4 is 34.4 Å². The molecule has 3 aromatic carbocycles. The third-order valence-corrected chi connectivity index (χ3v) is 6.46. The number of hydrogen-bond donors (Lipinski definition) is 3. The van der Waals surface area contributed by atoms with Crippen molar-refractivity contribution in [1.29, 1.82) is 0 Å². The van der Waals surface area contributed by atoms with Gasteiger partial charge in [0.2, 0.25) is 11.8 Å². The van der Waals surface area contributed by atoms with Gasteiger partial charge in [0.05, 0.1) is 28.3 Å². The molecule has 8 heteroatoms. The molecule has 0 aliphatic carbocycles. The number of amides is 3. The number of rotatable bonds is 7. The van der Waals surface area contributed by atoms with E-state index in [-0.39, 0.29) is 36.6 Å². The van der Waals surface area contributed by atoms with Crippen molar-refractivity contribution in [2.45, 2.75) is 31.3 Å². The summed E-state index contributed by atoms with van der Waals surface area (Å²) >= 11 is 0. The summed E-state index contributed by atoms with van der Waals surface area (Å²) in [5.41, 5.74) is 3.79. The van der Waals surface area contributed by atoms with Crippen LogP contribution in [0.5, 0.6) is 0 Å². The first-order chi connectivity index (χ1) is 17.5. The molecular formula is C28H27N5O3. The number of anilines is 1. The SMILES string of the molecule is Cn1c([C@@H](Cc2ccccc2)NC(=O)CC[C@@H]2NC(=O)c3ccccc3NC2=O)nc2ccccc21. The van der Waals surface area contributed by atoms with E-state index in [9.17, 15) is 14.4 Å². The third kappa shape index (κ3) is 4.84. The molecule has 8 nitrogen and oxygen atoms in total. The molecule has 0 bridgehead atoms. The molecule has 0 saturated heterocycles. The van der Waals surface area contributed by atoms with E-state index >= 15 is 0 Å². The van der Waals surface area contributed by atoms with Crippen LogP contribution >= 0.6 is 0 Å². The number of carbonyl (C=O) groups excluding carboxylic acids is 3. The molecule has 182 valence electrons. The summed E-state index contributed by atoms with van der Waals surface area (Å²) in [4.78, 5) is 43.2. The molecule has 1 aliphatic heterocycles. The molecule has 4 aromatic rings. The minimum absolute atomic E-state index is 0.0734. The first-order valence-corrected chi connectivity index (χ1v) is 11.9. The topological polar surface area (TPSA) is 105 Å². The summed E-state index contributed by atoms with van der Waals surface area (Å²) in [7, 11) is 1.94. The van der Waals surface area contributed by atoms with E-state index in [4.69, 9.17) is 4.98 Å². The zero-order valence-electron chi connectivity index (χ0n) is 19.9. The lowest BCUT2D eigenvalue weighted by molar-refractivity contribution is -0.122. The smallest absolute Gasteiger partial charge is 0.254 e. The second-order valence-corrected chi connectivity index (χ2v) is 8.93. The first-order valence-electron chi connectivity index (χ1n) is 11.9. The van der Waals surface area contributed by atoms with Gasteiger partial charge in [-0.1, -0.05) is 54.6 Å². The van der Waals surface area contributed by atoms with Crippen molar-refractivity contribution in [2.75, 3.05) is 5.32 Å². The highest BCUT2D eigenvalue weighted by atomic mass is 16.2. The maximum absolute atomic E-state index is 13.1. The Labute approximate surface area is 208 Å². The Hall–Kier alpha value is -4.46. The van der Waals surface area contributed by atoms with Gasteiger partial charge in [-0.2, -0.15) is 0 Å². The zero-order chi connectivity index (χ0) is 25.1. The van der Waals surface area contributed by atoms with Crippen LogP contribution in [0.2, 0.25) is 0 Å². The summed E-state index contributed by atoms with van der Waals surface area (Å²) in [6, 6.07) is 23.5. The highest BCUT2D eigenvalue weighted by molar-refractivity contribution is 6.09. The van der Waals surface area contributed by atoms with Gasteiger partial charge in [0.25, 0.3) is 5.91 Å². The van der Waals surface area contributed by atoms with Crippen molar-refractivity contribution in [3.05, 3.63) is 95.8 Å². The van der Waals surface area contributed by atoms with E-state index in [0.717, 1.165) is 22.4 Å². The molecule has 3 amide bonds. The van der Waals surface area contributed by atoms with Crippen LogP contribution in [0.4, 0.5) is 5.69 Å². The molecule has 0 unspecified atom stereocenters. The fourth-order valence-corrected chi connectivity index (χ4v) is 4.59. The summed E-state index contributed by atoms with van der Waals surface area (Å²) in [6.45, 7) is 0. The van der Waals surface area contributed by atoms with E-state index in [0.29, 0.717) is 17.7 Å². The summed E-state index contributed by atoms with van der Waals surface area (Å²) in [5, 5.41) is 8.64. The Balaban J connectivity index is 1.31. The molecule has 2 atom stereocenters. The van der Waals surface area contributed by atoms with Crippen LogP contribution in [-0.4, -0.2) is 33.3 Å². The predicted octanol–water partition coefficient (Wildman–Crippen LogP) is 3.50. The van der Waals surface area contributed by atoms with Crippen molar-refractivity contribution in [3.63, 3.8) is 0 Å². The Kier molecular flexibility index (Phi) is 6.49. The van der Waals surface area contributed by atoms with Gasteiger partial charge < -0.3 is 20.5 Å². The maximum atomic E-state index is 13.1. The highest BCUT2D eigenvalue weighted by Gasteiger charge is 2.28. The molecule has 2 heterocycles. The van der Waals surface area contributed by atoms with Crippen LogP contribution in [0.1, 0.15) is 40.6 Å². The number of nitrogens with one attached hydrogen (secondary N) is 3. The lowest BCUT2D eigenvalue weighted by Gasteiger charge is -2.20. The highest BCUT2D eigenvalue weighted by Crippen LogP contribution is 2.23. The largest absolute Gasteiger partial charge is 0.346 e. The van der Waals surface area contributed by atoms with E-state index in [1.54, 1.807) is 24.3 Å². The Morgan fingerprint density at radius 2 is 1.72 bits per heavy atom. The molecule has 1 aromatic heterocycles. The van der Waals surface area contributed by atoms with Gasteiger partial charge in [-0.05, 0) is 42.7 Å². The van der Waals surface area contributed by atoms with Crippen molar-refractivity contribution in [1.82, 2.24) is 20.2 Å². The maximum Gasteiger partial charge on any atom is 0.254 e. The monoisotopic (exact) mass is 481 g/mol. The molecule has 36 heavy (non-hydrogen) atoms. The molecule has 1 aliphatic rings. The van der Waals surface area contributed by atoms with Crippen molar-refractivity contribution < 1.29 is 14.4 Å². The lowest BCUT2D eigenvalue weighted by atomic mass is 10.0. The number of aromatic nitrogens is 2. The third-order valence-electron chi connectivity index (χ3n) is 6.46. The number of imidazole rings is 1. The molecule has 5 rings (SSSR count). The van der Waals surface area contributed by atoms with E-state index in [1.165, 1.54) is 0 Å². The molecule has 0 spiro atoms. The number of benzene rings is 3. The number of hydrogen-bond acceptors (Lipinski definition) is 4. The van der Waals surface area contributed by atoms with Gasteiger partial charge in [-0.25, -0.2) is 4.98 Å². The molecule has 0 saturated carbocycles. The lowest BCUT2D eigenvalue weighted by Crippen LogP contribution is -2.42. The average molecular weight is 482 g/mol. The minimum Gasteiger partial charge on any atom is -0.346 e. The van der Waals surface area contributed by atoms with E-state index in [1.807, 2.05) is 66.2 Å². The second kappa shape index (κ2) is 10.0. The summed E-state index contributed by atoms with van der Waals surface area (Å²) < 4.78 is 2.00. The molecule has 0 fully saturated rings.